The van der Waals surface area contributed by atoms with Gasteiger partial charge in [-0.2, -0.15) is 0 Å². The third-order valence-electron chi connectivity index (χ3n) is 9.76. The van der Waals surface area contributed by atoms with Crippen LogP contribution in [0.15, 0.2) is 182 Å². The lowest BCUT2D eigenvalue weighted by Gasteiger charge is -2.28. The molecule has 230 valence electrons. The minimum Gasteiger partial charge on any atom is -0.309 e. The molecule has 49 heavy (non-hydrogen) atoms. The summed E-state index contributed by atoms with van der Waals surface area (Å²) in [6, 6.07) is 66.2. The van der Waals surface area contributed by atoms with Crippen LogP contribution in [0.2, 0.25) is 0 Å². The van der Waals surface area contributed by atoms with E-state index in [1.165, 1.54) is 69.6 Å². The van der Waals surface area contributed by atoms with Crippen molar-refractivity contribution in [1.82, 2.24) is 4.57 Å². The number of aromatic nitrogens is 1. The van der Waals surface area contributed by atoms with Crippen LogP contribution in [-0.4, -0.2) is 4.57 Å². The normalized spacial score (nSPS) is 11.7. The van der Waals surface area contributed by atoms with E-state index in [9.17, 15) is 0 Å². The summed E-state index contributed by atoms with van der Waals surface area (Å²) in [7, 11) is 0. The van der Waals surface area contributed by atoms with E-state index in [-0.39, 0.29) is 0 Å². The maximum Gasteiger partial charge on any atom is 0.0640 e. The van der Waals surface area contributed by atoms with Crippen molar-refractivity contribution in [1.29, 1.82) is 0 Å². The molecule has 0 fully saturated rings. The molecule has 2 nitrogen and oxygen atoms in total. The van der Waals surface area contributed by atoms with E-state index in [0.29, 0.717) is 0 Å². The number of fused-ring (bicyclic) bond motifs is 7. The second-order valence-electron chi connectivity index (χ2n) is 12.6. The lowest BCUT2D eigenvalue weighted by Crippen LogP contribution is -2.11. The number of hydrogen-bond donors (Lipinski definition) is 0. The van der Waals surface area contributed by atoms with Gasteiger partial charge < -0.3 is 9.47 Å². The summed E-state index contributed by atoms with van der Waals surface area (Å²) in [5.41, 5.74) is 9.41. The smallest absolute Gasteiger partial charge is 0.0640 e. The van der Waals surface area contributed by atoms with E-state index in [0.717, 1.165) is 17.1 Å². The quantitative estimate of drug-likeness (QED) is 0.181. The maximum atomic E-state index is 2.48. The predicted molar refractivity (Wildman–Crippen MR) is 211 cm³/mol. The third kappa shape index (κ3) is 4.47. The molecule has 0 aliphatic rings. The Hall–Kier alpha value is -6.16. The number of nitrogens with zero attached hydrogens (tertiary/aromatic N) is 2. The Morgan fingerprint density at radius 1 is 0.408 bits per heavy atom. The summed E-state index contributed by atoms with van der Waals surface area (Å²) < 4.78 is 5.01. The Labute approximate surface area is 288 Å². The van der Waals surface area contributed by atoms with Crippen LogP contribution < -0.4 is 4.90 Å². The van der Waals surface area contributed by atoms with Crippen LogP contribution in [0.4, 0.5) is 17.1 Å². The lowest BCUT2D eigenvalue weighted by molar-refractivity contribution is 1.18. The van der Waals surface area contributed by atoms with E-state index in [4.69, 9.17) is 0 Å². The van der Waals surface area contributed by atoms with Gasteiger partial charge in [0.25, 0.3) is 0 Å². The first-order chi connectivity index (χ1) is 24.3. The lowest BCUT2D eigenvalue weighted by atomic mass is 10.0. The topological polar surface area (TPSA) is 8.17 Å². The molecule has 0 N–H and O–H groups in total. The minimum absolute atomic E-state index is 1.12. The molecule has 8 aromatic carbocycles. The monoisotopic (exact) mass is 642 g/mol. The fourth-order valence-electron chi connectivity index (χ4n) is 7.54. The van der Waals surface area contributed by atoms with Gasteiger partial charge in [0.15, 0.2) is 0 Å². The van der Waals surface area contributed by atoms with Crippen molar-refractivity contribution in [2.45, 2.75) is 0 Å². The molecule has 10 rings (SSSR count). The summed E-state index contributed by atoms with van der Waals surface area (Å²) in [5.74, 6) is 0. The standard InChI is InChI=1S/C46H30N2S/c1-2-13-31(14-3-1)32-25-27-34(28-26-32)47(43-23-12-20-40-39-19-8-11-24-45(39)49-46(40)43)44-30-35(29-33-15-4-5-16-36(33)44)48-41-21-9-6-17-37(41)38-18-7-10-22-42(38)48/h1-30H. The van der Waals surface area contributed by atoms with Gasteiger partial charge in [-0.15, -0.1) is 11.3 Å². The summed E-state index contributed by atoms with van der Waals surface area (Å²) >= 11 is 1.87. The van der Waals surface area contributed by atoms with Crippen LogP contribution in [-0.2, 0) is 0 Å². The summed E-state index contributed by atoms with van der Waals surface area (Å²) in [6.45, 7) is 0. The highest BCUT2D eigenvalue weighted by atomic mass is 32.1. The van der Waals surface area contributed by atoms with Gasteiger partial charge in [-0.25, -0.2) is 0 Å². The van der Waals surface area contributed by atoms with Crippen molar-refractivity contribution >= 4 is 81.1 Å². The van der Waals surface area contributed by atoms with Crippen molar-refractivity contribution in [3.63, 3.8) is 0 Å². The van der Waals surface area contributed by atoms with Gasteiger partial charge in [0, 0.05) is 43.0 Å². The molecule has 0 atom stereocenters. The number of thiophene rings is 1. The molecule has 0 bridgehead atoms. The fraction of sp³-hybridized carbons (Fsp3) is 0. The van der Waals surface area contributed by atoms with Crippen molar-refractivity contribution in [3.8, 4) is 16.8 Å². The minimum atomic E-state index is 1.12. The molecule has 3 heteroatoms. The van der Waals surface area contributed by atoms with Crippen LogP contribution in [0.3, 0.4) is 0 Å². The molecule has 2 heterocycles. The highest BCUT2D eigenvalue weighted by Gasteiger charge is 2.22. The largest absolute Gasteiger partial charge is 0.309 e. The summed E-state index contributed by atoms with van der Waals surface area (Å²) in [6.07, 6.45) is 0. The van der Waals surface area contributed by atoms with Gasteiger partial charge in [-0.05, 0) is 65.0 Å². The third-order valence-corrected chi connectivity index (χ3v) is 11.0. The van der Waals surface area contributed by atoms with E-state index < -0.39 is 0 Å². The Balaban J connectivity index is 1.28. The number of anilines is 3. The van der Waals surface area contributed by atoms with Crippen LogP contribution >= 0.6 is 11.3 Å². The zero-order chi connectivity index (χ0) is 32.3. The van der Waals surface area contributed by atoms with E-state index in [1.54, 1.807) is 0 Å². The fourth-order valence-corrected chi connectivity index (χ4v) is 8.75. The molecule has 0 aliphatic heterocycles. The van der Waals surface area contributed by atoms with Crippen molar-refractivity contribution in [3.05, 3.63) is 182 Å². The first-order valence-corrected chi connectivity index (χ1v) is 17.5. The molecule has 2 aromatic heterocycles. The summed E-state index contributed by atoms with van der Waals surface area (Å²) in [5, 5.41) is 7.51. The summed E-state index contributed by atoms with van der Waals surface area (Å²) in [4.78, 5) is 2.48. The van der Waals surface area contributed by atoms with E-state index in [1.807, 2.05) is 11.3 Å². The Bertz CT molecular complexity index is 2770. The first-order valence-electron chi connectivity index (χ1n) is 16.7. The number of hydrogen-bond acceptors (Lipinski definition) is 2. The Morgan fingerprint density at radius 2 is 1.00 bits per heavy atom. The van der Waals surface area contributed by atoms with Crippen molar-refractivity contribution in [2.24, 2.45) is 0 Å². The molecule has 10 aromatic rings. The molecule has 0 saturated carbocycles. The van der Waals surface area contributed by atoms with Crippen LogP contribution in [0.5, 0.6) is 0 Å². The van der Waals surface area contributed by atoms with Crippen molar-refractivity contribution in [2.75, 3.05) is 4.90 Å². The number of benzene rings is 8. The number of rotatable bonds is 5. The van der Waals surface area contributed by atoms with Crippen molar-refractivity contribution < 1.29 is 0 Å². The number of para-hydroxylation sites is 2. The Kier molecular flexibility index (Phi) is 6.39. The second kappa shape index (κ2) is 11.2. The van der Waals surface area contributed by atoms with E-state index in [2.05, 4.69) is 191 Å². The molecule has 0 spiro atoms. The average molecular weight is 643 g/mol. The average Bonchev–Trinajstić information content (AvgIpc) is 3.72. The molecule has 0 radical (unpaired) electrons. The van der Waals surface area contributed by atoms with Crippen LogP contribution in [0.25, 0.3) is 69.6 Å². The first kappa shape index (κ1) is 27.9. The zero-order valence-electron chi connectivity index (χ0n) is 26.6. The SMILES string of the molecule is c1ccc(-c2ccc(N(c3cc(-n4c5ccccc5c5ccccc54)cc4ccccc34)c3cccc4c3sc3ccccc34)cc2)cc1. The molecule has 0 unspecified atom stereocenters. The maximum absolute atomic E-state index is 2.48. The van der Waals surface area contributed by atoms with Crippen LogP contribution in [0, 0.1) is 0 Å². The van der Waals surface area contributed by atoms with Crippen LogP contribution in [0.1, 0.15) is 0 Å². The molecular weight excluding hydrogens is 613 g/mol. The molecular formula is C46H30N2S. The molecule has 0 saturated heterocycles. The van der Waals surface area contributed by atoms with Gasteiger partial charge in [-0.3, -0.25) is 0 Å². The van der Waals surface area contributed by atoms with Gasteiger partial charge in [0.05, 0.1) is 27.1 Å². The highest BCUT2D eigenvalue weighted by molar-refractivity contribution is 7.26. The second-order valence-corrected chi connectivity index (χ2v) is 13.6. The zero-order valence-corrected chi connectivity index (χ0v) is 27.4. The van der Waals surface area contributed by atoms with E-state index >= 15 is 0 Å². The predicted octanol–water partition coefficient (Wildman–Crippen LogP) is 13.4. The molecule has 0 aliphatic carbocycles. The van der Waals surface area contributed by atoms with Gasteiger partial charge in [-0.1, -0.05) is 133 Å². The van der Waals surface area contributed by atoms with Gasteiger partial charge >= 0.3 is 0 Å². The molecule has 0 amide bonds. The Morgan fingerprint density at radius 3 is 1.76 bits per heavy atom. The highest BCUT2D eigenvalue weighted by Crippen LogP contribution is 2.47. The van der Waals surface area contributed by atoms with Gasteiger partial charge in [0.1, 0.15) is 0 Å². The van der Waals surface area contributed by atoms with Gasteiger partial charge in [0.2, 0.25) is 0 Å².